The van der Waals surface area contributed by atoms with Crippen LogP contribution in [0.1, 0.15) is 11.3 Å². The maximum absolute atomic E-state index is 5.87. The molecule has 0 fully saturated rings. The molecular formula is C15H18N6O2. The predicted octanol–water partition coefficient (Wildman–Crippen LogP) is 1.09. The summed E-state index contributed by atoms with van der Waals surface area (Å²) in [5.74, 6) is 2.02. The van der Waals surface area contributed by atoms with E-state index in [2.05, 4.69) is 15.2 Å². The van der Waals surface area contributed by atoms with Crippen molar-refractivity contribution in [3.8, 4) is 11.5 Å². The van der Waals surface area contributed by atoms with Crippen molar-refractivity contribution in [3.05, 3.63) is 35.7 Å². The molecule has 0 atom stereocenters. The number of ether oxygens (including phenoxy) is 2. The molecule has 8 nitrogen and oxygen atoms in total. The lowest BCUT2D eigenvalue weighted by Crippen LogP contribution is -2.06. The lowest BCUT2D eigenvalue weighted by Gasteiger charge is -2.10. The number of aryl methyl sites for hydroxylation is 2. The molecule has 0 spiro atoms. The minimum atomic E-state index is 0.302. The van der Waals surface area contributed by atoms with Gasteiger partial charge in [0.1, 0.15) is 0 Å². The summed E-state index contributed by atoms with van der Waals surface area (Å²) < 4.78 is 12.3. The van der Waals surface area contributed by atoms with Crippen LogP contribution in [0.25, 0.3) is 5.65 Å². The molecule has 8 heteroatoms. The van der Waals surface area contributed by atoms with E-state index in [1.165, 1.54) is 0 Å². The van der Waals surface area contributed by atoms with Gasteiger partial charge >= 0.3 is 0 Å². The average molecular weight is 314 g/mol. The number of anilines is 2. The topological polar surface area (TPSA) is 114 Å². The highest BCUT2D eigenvalue weighted by Gasteiger charge is 2.12. The van der Waals surface area contributed by atoms with Crippen molar-refractivity contribution in [3.63, 3.8) is 0 Å². The largest absolute Gasteiger partial charge is 0.493 e. The zero-order valence-corrected chi connectivity index (χ0v) is 13.0. The van der Waals surface area contributed by atoms with E-state index in [-0.39, 0.29) is 0 Å². The van der Waals surface area contributed by atoms with Crippen molar-refractivity contribution in [2.24, 2.45) is 0 Å². The van der Waals surface area contributed by atoms with Crippen LogP contribution >= 0.6 is 0 Å². The molecule has 3 rings (SSSR count). The summed E-state index contributed by atoms with van der Waals surface area (Å²) in [6.45, 7) is 0. The summed E-state index contributed by atoms with van der Waals surface area (Å²) in [5, 5.41) is 7.80. The molecule has 4 N–H and O–H groups in total. The Labute approximate surface area is 133 Å². The first-order valence-corrected chi connectivity index (χ1v) is 7.09. The van der Waals surface area contributed by atoms with Gasteiger partial charge in [0.25, 0.3) is 0 Å². The molecule has 0 saturated heterocycles. The van der Waals surface area contributed by atoms with Gasteiger partial charge in [-0.15, -0.1) is 10.2 Å². The molecule has 0 amide bonds. The summed E-state index contributed by atoms with van der Waals surface area (Å²) in [7, 11) is 3.23. The smallest absolute Gasteiger partial charge is 0.226 e. The van der Waals surface area contributed by atoms with E-state index in [0.717, 1.165) is 17.7 Å². The number of hydrogen-bond donors (Lipinski definition) is 2. The van der Waals surface area contributed by atoms with Crippen LogP contribution in [0.15, 0.2) is 24.4 Å². The third-order valence-electron chi connectivity index (χ3n) is 3.67. The summed E-state index contributed by atoms with van der Waals surface area (Å²) in [6, 6.07) is 5.84. The third-order valence-corrected chi connectivity index (χ3v) is 3.67. The highest BCUT2D eigenvalue weighted by molar-refractivity contribution is 5.61. The Hall–Kier alpha value is -3.03. The highest BCUT2D eigenvalue weighted by atomic mass is 16.5. The van der Waals surface area contributed by atoms with Gasteiger partial charge in [0.2, 0.25) is 11.6 Å². The number of hydrogen-bond acceptors (Lipinski definition) is 7. The number of nitrogen functional groups attached to an aromatic ring is 2. The zero-order valence-electron chi connectivity index (χ0n) is 13.0. The molecule has 1 aromatic carbocycles. The quantitative estimate of drug-likeness (QED) is 0.724. The van der Waals surface area contributed by atoms with E-state index >= 15 is 0 Å². The summed E-state index contributed by atoms with van der Waals surface area (Å²) in [4.78, 5) is 4.15. The van der Waals surface area contributed by atoms with E-state index in [9.17, 15) is 0 Å². The molecule has 0 bridgehead atoms. The fraction of sp³-hybridized carbons (Fsp3) is 0.267. The number of nitrogens with two attached hydrogens (primary N) is 2. The van der Waals surface area contributed by atoms with Crippen LogP contribution in [-0.2, 0) is 12.8 Å². The normalized spacial score (nSPS) is 10.9. The molecular weight excluding hydrogens is 296 g/mol. The van der Waals surface area contributed by atoms with Crippen LogP contribution in [0.3, 0.4) is 0 Å². The van der Waals surface area contributed by atoms with Crippen LogP contribution in [0.5, 0.6) is 11.5 Å². The first-order chi connectivity index (χ1) is 11.1. The van der Waals surface area contributed by atoms with Gasteiger partial charge in [0.05, 0.1) is 14.2 Å². The second kappa shape index (κ2) is 5.99. The van der Waals surface area contributed by atoms with Gasteiger partial charge < -0.3 is 20.9 Å². The van der Waals surface area contributed by atoms with Crippen molar-refractivity contribution < 1.29 is 9.47 Å². The molecule has 0 unspecified atom stereocenters. The van der Waals surface area contributed by atoms with Crippen LogP contribution < -0.4 is 20.9 Å². The van der Waals surface area contributed by atoms with E-state index in [1.807, 2.05) is 18.2 Å². The fourth-order valence-corrected chi connectivity index (χ4v) is 2.49. The number of aromatic nitrogens is 4. The Morgan fingerprint density at radius 1 is 1.04 bits per heavy atom. The van der Waals surface area contributed by atoms with Gasteiger partial charge in [-0.2, -0.15) is 0 Å². The average Bonchev–Trinajstić information content (AvgIpc) is 2.97. The van der Waals surface area contributed by atoms with Crippen LogP contribution in [0.4, 0.5) is 11.8 Å². The Kier molecular flexibility index (Phi) is 3.88. The summed E-state index contributed by atoms with van der Waals surface area (Å²) in [6.07, 6.45) is 3.18. The van der Waals surface area contributed by atoms with Crippen LogP contribution in [0, 0.1) is 0 Å². The fourth-order valence-electron chi connectivity index (χ4n) is 2.49. The second-order valence-electron chi connectivity index (χ2n) is 5.04. The SMILES string of the molecule is COc1ccc(CCc2cnc(N)c3nnc(N)n23)cc1OC. The lowest BCUT2D eigenvalue weighted by molar-refractivity contribution is 0.354. The number of nitrogens with zero attached hydrogens (tertiary/aromatic N) is 4. The number of methoxy groups -OCH3 is 2. The monoisotopic (exact) mass is 314 g/mol. The highest BCUT2D eigenvalue weighted by Crippen LogP contribution is 2.28. The lowest BCUT2D eigenvalue weighted by atomic mass is 10.1. The van der Waals surface area contributed by atoms with Crippen molar-refractivity contribution >= 4 is 17.4 Å². The first kappa shape index (κ1) is 14.9. The molecule has 0 aliphatic heterocycles. The minimum Gasteiger partial charge on any atom is -0.493 e. The Morgan fingerprint density at radius 2 is 1.83 bits per heavy atom. The molecule has 0 saturated carbocycles. The molecule has 120 valence electrons. The minimum absolute atomic E-state index is 0.302. The van der Waals surface area contributed by atoms with Gasteiger partial charge in [-0.3, -0.25) is 4.40 Å². The second-order valence-corrected chi connectivity index (χ2v) is 5.04. The standard InChI is InChI=1S/C15H18N6O2/c1-22-11-6-4-9(7-12(11)23-2)3-5-10-8-18-13(16)14-19-20-15(17)21(10)14/h4,6-8H,3,5H2,1-2H3,(H2,16,18)(H2,17,20). The van der Waals surface area contributed by atoms with E-state index < -0.39 is 0 Å². The predicted molar refractivity (Wildman–Crippen MR) is 86.6 cm³/mol. The number of fused-ring (bicyclic) bond motifs is 1. The Morgan fingerprint density at radius 3 is 2.57 bits per heavy atom. The number of rotatable bonds is 5. The summed E-state index contributed by atoms with van der Waals surface area (Å²) >= 11 is 0. The van der Waals surface area contributed by atoms with Crippen molar-refractivity contribution in [2.45, 2.75) is 12.8 Å². The molecule has 0 aliphatic rings. The molecule has 23 heavy (non-hydrogen) atoms. The maximum atomic E-state index is 5.87. The van der Waals surface area contributed by atoms with Crippen LogP contribution in [0.2, 0.25) is 0 Å². The molecule has 2 aromatic heterocycles. The van der Waals surface area contributed by atoms with E-state index in [0.29, 0.717) is 35.3 Å². The van der Waals surface area contributed by atoms with Gasteiger partial charge in [-0.25, -0.2) is 4.98 Å². The van der Waals surface area contributed by atoms with Crippen molar-refractivity contribution in [1.82, 2.24) is 19.6 Å². The van der Waals surface area contributed by atoms with Crippen LogP contribution in [-0.4, -0.2) is 33.8 Å². The Balaban J connectivity index is 1.87. The third kappa shape index (κ3) is 2.70. The maximum Gasteiger partial charge on any atom is 0.226 e. The molecule has 0 radical (unpaired) electrons. The van der Waals surface area contributed by atoms with Crippen molar-refractivity contribution in [2.75, 3.05) is 25.7 Å². The first-order valence-electron chi connectivity index (χ1n) is 7.09. The van der Waals surface area contributed by atoms with E-state index in [1.54, 1.807) is 24.8 Å². The summed E-state index contributed by atoms with van der Waals surface area (Å²) in [5.41, 5.74) is 14.1. The van der Waals surface area contributed by atoms with Gasteiger partial charge in [-0.05, 0) is 30.5 Å². The molecule has 3 aromatic rings. The van der Waals surface area contributed by atoms with Crippen molar-refractivity contribution in [1.29, 1.82) is 0 Å². The van der Waals surface area contributed by atoms with E-state index in [4.69, 9.17) is 20.9 Å². The zero-order chi connectivity index (χ0) is 16.4. The Bertz CT molecular complexity index is 845. The van der Waals surface area contributed by atoms with Gasteiger partial charge in [-0.1, -0.05) is 6.07 Å². The van der Waals surface area contributed by atoms with Gasteiger partial charge in [0.15, 0.2) is 17.3 Å². The molecule has 2 heterocycles. The molecule has 0 aliphatic carbocycles. The van der Waals surface area contributed by atoms with Gasteiger partial charge in [0, 0.05) is 11.9 Å². The number of benzene rings is 1.